The molecular formula is C14H29N3O. The van der Waals surface area contributed by atoms with E-state index < -0.39 is 0 Å². The Balaban J connectivity index is 2.33. The predicted octanol–water partition coefficient (Wildman–Crippen LogP) is 1.16. The van der Waals surface area contributed by atoms with E-state index >= 15 is 0 Å². The number of hydrogen-bond donors (Lipinski definition) is 1. The minimum atomic E-state index is 0.0856. The van der Waals surface area contributed by atoms with E-state index in [-0.39, 0.29) is 5.41 Å². The van der Waals surface area contributed by atoms with E-state index in [2.05, 4.69) is 32.6 Å². The fourth-order valence-electron chi connectivity index (χ4n) is 2.26. The van der Waals surface area contributed by atoms with Crippen LogP contribution in [0.5, 0.6) is 0 Å². The monoisotopic (exact) mass is 255 g/mol. The highest BCUT2D eigenvalue weighted by atomic mass is 16.2. The zero-order valence-electron chi connectivity index (χ0n) is 12.4. The summed E-state index contributed by atoms with van der Waals surface area (Å²) in [6, 6.07) is 0. The summed E-state index contributed by atoms with van der Waals surface area (Å²) >= 11 is 0. The highest BCUT2D eigenvalue weighted by Gasteiger charge is 2.25. The van der Waals surface area contributed by atoms with E-state index in [9.17, 15) is 4.79 Å². The van der Waals surface area contributed by atoms with E-state index in [1.807, 2.05) is 4.90 Å². The lowest BCUT2D eigenvalue weighted by Gasteiger charge is -2.36. The topological polar surface area (TPSA) is 49.6 Å². The van der Waals surface area contributed by atoms with Gasteiger partial charge in [0.1, 0.15) is 0 Å². The molecule has 1 heterocycles. The van der Waals surface area contributed by atoms with E-state index in [1.54, 1.807) is 0 Å². The number of carbonyl (C=O) groups excluding carboxylic acids is 1. The fourth-order valence-corrected chi connectivity index (χ4v) is 2.26. The molecule has 0 aromatic rings. The molecule has 1 fully saturated rings. The smallest absolute Gasteiger partial charge is 0.223 e. The third kappa shape index (κ3) is 5.36. The number of rotatable bonds is 4. The van der Waals surface area contributed by atoms with Gasteiger partial charge in [-0.15, -0.1) is 0 Å². The Bertz CT molecular complexity index is 265. The van der Waals surface area contributed by atoms with Crippen LogP contribution in [-0.4, -0.2) is 55.0 Å². The average Bonchev–Trinajstić information content (AvgIpc) is 2.27. The van der Waals surface area contributed by atoms with Crippen LogP contribution in [0.4, 0.5) is 0 Å². The van der Waals surface area contributed by atoms with Crippen LogP contribution in [0.3, 0.4) is 0 Å². The van der Waals surface area contributed by atoms with Crippen molar-refractivity contribution >= 4 is 5.91 Å². The van der Waals surface area contributed by atoms with Gasteiger partial charge in [0.25, 0.3) is 0 Å². The highest BCUT2D eigenvalue weighted by Crippen LogP contribution is 2.20. The van der Waals surface area contributed by atoms with Crippen molar-refractivity contribution in [2.75, 3.05) is 39.3 Å². The summed E-state index contributed by atoms with van der Waals surface area (Å²) in [4.78, 5) is 16.5. The molecule has 0 radical (unpaired) electrons. The molecule has 1 aliphatic rings. The van der Waals surface area contributed by atoms with Gasteiger partial charge in [0, 0.05) is 39.1 Å². The molecule has 4 nitrogen and oxygen atoms in total. The van der Waals surface area contributed by atoms with Crippen molar-refractivity contribution in [2.24, 2.45) is 17.1 Å². The molecule has 1 amide bonds. The van der Waals surface area contributed by atoms with Crippen LogP contribution >= 0.6 is 0 Å². The summed E-state index contributed by atoms with van der Waals surface area (Å²) in [6.07, 6.45) is 0.645. The van der Waals surface area contributed by atoms with Crippen molar-refractivity contribution in [3.05, 3.63) is 0 Å². The maximum Gasteiger partial charge on any atom is 0.223 e. The van der Waals surface area contributed by atoms with Crippen LogP contribution < -0.4 is 5.73 Å². The van der Waals surface area contributed by atoms with Crippen LogP contribution in [0.15, 0.2) is 0 Å². The Labute approximate surface area is 111 Å². The number of hydrogen-bond acceptors (Lipinski definition) is 3. The molecule has 1 unspecified atom stereocenters. The molecule has 0 aliphatic carbocycles. The van der Waals surface area contributed by atoms with Gasteiger partial charge in [0.15, 0.2) is 0 Å². The first-order chi connectivity index (χ1) is 8.31. The average molecular weight is 255 g/mol. The summed E-state index contributed by atoms with van der Waals surface area (Å²) in [6.45, 7) is 14.0. The Morgan fingerprint density at radius 3 is 2.22 bits per heavy atom. The minimum Gasteiger partial charge on any atom is -0.340 e. The molecule has 0 spiro atoms. The zero-order valence-corrected chi connectivity index (χ0v) is 12.4. The maximum atomic E-state index is 12.1. The second kappa shape index (κ2) is 6.53. The molecule has 4 heteroatoms. The number of amides is 1. The fraction of sp³-hybridized carbons (Fsp3) is 0.929. The first kappa shape index (κ1) is 15.4. The largest absolute Gasteiger partial charge is 0.340 e. The molecule has 0 bridgehead atoms. The Kier molecular flexibility index (Phi) is 5.60. The van der Waals surface area contributed by atoms with Crippen LogP contribution in [0.25, 0.3) is 0 Å². The Morgan fingerprint density at radius 2 is 1.78 bits per heavy atom. The van der Waals surface area contributed by atoms with Gasteiger partial charge in [0.2, 0.25) is 5.91 Å². The van der Waals surface area contributed by atoms with Gasteiger partial charge in [-0.05, 0) is 17.9 Å². The first-order valence-corrected chi connectivity index (χ1v) is 7.02. The van der Waals surface area contributed by atoms with Gasteiger partial charge in [-0.1, -0.05) is 27.7 Å². The Morgan fingerprint density at radius 1 is 1.22 bits per heavy atom. The van der Waals surface area contributed by atoms with Crippen molar-refractivity contribution in [3.63, 3.8) is 0 Å². The van der Waals surface area contributed by atoms with Gasteiger partial charge < -0.3 is 10.6 Å². The third-order valence-corrected chi connectivity index (χ3v) is 3.38. The van der Waals surface area contributed by atoms with Gasteiger partial charge in [-0.3, -0.25) is 9.69 Å². The molecule has 2 N–H and O–H groups in total. The van der Waals surface area contributed by atoms with Crippen LogP contribution in [0.2, 0.25) is 0 Å². The molecule has 1 aliphatic heterocycles. The second-order valence-corrected chi connectivity index (χ2v) is 6.76. The number of nitrogens with zero attached hydrogens (tertiary/aromatic N) is 2. The standard InChI is InChI=1S/C14H29N3O/c1-12(10-15)11-16-5-7-17(8-6-16)13(18)9-14(2,3)4/h12H,5-11,15H2,1-4H3. The molecule has 0 saturated carbocycles. The predicted molar refractivity (Wildman–Crippen MR) is 75.3 cm³/mol. The van der Waals surface area contributed by atoms with Crippen molar-refractivity contribution in [2.45, 2.75) is 34.1 Å². The summed E-state index contributed by atoms with van der Waals surface area (Å²) in [7, 11) is 0. The summed E-state index contributed by atoms with van der Waals surface area (Å²) in [5.41, 5.74) is 5.73. The third-order valence-electron chi connectivity index (χ3n) is 3.38. The first-order valence-electron chi connectivity index (χ1n) is 7.02. The van der Waals surface area contributed by atoms with Gasteiger partial charge in [-0.2, -0.15) is 0 Å². The highest BCUT2D eigenvalue weighted by molar-refractivity contribution is 5.76. The Hall–Kier alpha value is -0.610. The summed E-state index contributed by atoms with van der Waals surface area (Å²) in [5, 5.41) is 0. The number of nitrogens with two attached hydrogens (primary N) is 1. The summed E-state index contributed by atoms with van der Waals surface area (Å²) in [5.74, 6) is 0.843. The van der Waals surface area contributed by atoms with Crippen LogP contribution in [-0.2, 0) is 4.79 Å². The molecule has 106 valence electrons. The maximum absolute atomic E-state index is 12.1. The SMILES string of the molecule is CC(CN)CN1CCN(C(=O)CC(C)(C)C)CC1. The molecule has 1 atom stereocenters. The number of carbonyl (C=O) groups is 1. The van der Waals surface area contributed by atoms with Crippen LogP contribution in [0.1, 0.15) is 34.1 Å². The van der Waals surface area contributed by atoms with E-state index in [0.29, 0.717) is 18.2 Å². The molecular weight excluding hydrogens is 226 g/mol. The molecule has 0 aromatic carbocycles. The van der Waals surface area contributed by atoms with Crippen molar-refractivity contribution in [1.29, 1.82) is 0 Å². The number of piperazine rings is 1. The van der Waals surface area contributed by atoms with E-state index in [4.69, 9.17) is 5.73 Å². The molecule has 18 heavy (non-hydrogen) atoms. The molecule has 1 saturated heterocycles. The minimum absolute atomic E-state index is 0.0856. The normalized spacial score (nSPS) is 19.9. The van der Waals surface area contributed by atoms with Gasteiger partial charge in [-0.25, -0.2) is 0 Å². The second-order valence-electron chi connectivity index (χ2n) is 6.76. The van der Waals surface area contributed by atoms with E-state index in [1.165, 1.54) is 0 Å². The van der Waals surface area contributed by atoms with Crippen LogP contribution in [0, 0.1) is 11.3 Å². The van der Waals surface area contributed by atoms with Crippen molar-refractivity contribution < 1.29 is 4.79 Å². The quantitative estimate of drug-likeness (QED) is 0.820. The lowest BCUT2D eigenvalue weighted by molar-refractivity contribution is -0.134. The van der Waals surface area contributed by atoms with Gasteiger partial charge >= 0.3 is 0 Å². The lowest BCUT2D eigenvalue weighted by Crippen LogP contribution is -2.50. The van der Waals surface area contributed by atoms with Crippen molar-refractivity contribution in [1.82, 2.24) is 9.80 Å². The van der Waals surface area contributed by atoms with Crippen molar-refractivity contribution in [3.8, 4) is 0 Å². The summed E-state index contributed by atoms with van der Waals surface area (Å²) < 4.78 is 0. The molecule has 1 rings (SSSR count). The van der Waals surface area contributed by atoms with Gasteiger partial charge in [0.05, 0.1) is 0 Å². The zero-order chi connectivity index (χ0) is 13.8. The molecule has 0 aromatic heterocycles. The lowest BCUT2D eigenvalue weighted by atomic mass is 9.91. The van der Waals surface area contributed by atoms with E-state index in [0.717, 1.165) is 39.3 Å².